The van der Waals surface area contributed by atoms with Crippen LogP contribution in [0.4, 0.5) is 5.82 Å². The summed E-state index contributed by atoms with van der Waals surface area (Å²) in [4.78, 5) is 2.31. The van der Waals surface area contributed by atoms with Crippen LogP contribution in [0.2, 0.25) is 5.02 Å². The molecule has 2 heterocycles. The van der Waals surface area contributed by atoms with Crippen molar-refractivity contribution in [3.05, 3.63) is 35.5 Å². The first-order valence-electron chi connectivity index (χ1n) is 7.00. The first kappa shape index (κ1) is 14.7. The quantitative estimate of drug-likeness (QED) is 0.808. The number of benzene rings is 1. The molecule has 1 saturated heterocycles. The molecule has 1 aromatic heterocycles. The Morgan fingerprint density at radius 3 is 2.52 bits per heavy atom. The molecular weight excluding hydrogens is 309 g/mol. The molecule has 0 unspecified atom stereocenters. The van der Waals surface area contributed by atoms with E-state index in [-0.39, 0.29) is 0 Å². The molecule has 0 amide bonds. The lowest BCUT2D eigenvalue weighted by Crippen LogP contribution is -2.38. The van der Waals surface area contributed by atoms with Crippen molar-refractivity contribution in [3.8, 4) is 11.1 Å². The first-order chi connectivity index (χ1) is 10.3. The van der Waals surface area contributed by atoms with Crippen LogP contribution in [-0.2, 0) is 11.3 Å². The van der Waals surface area contributed by atoms with Gasteiger partial charge in [0, 0.05) is 29.6 Å². The number of rotatable bonds is 4. The summed E-state index contributed by atoms with van der Waals surface area (Å²) >= 11 is 11.9. The van der Waals surface area contributed by atoms with Crippen LogP contribution < -0.4 is 4.90 Å². The molecule has 1 aromatic carbocycles. The molecule has 1 fully saturated rings. The van der Waals surface area contributed by atoms with E-state index in [0.717, 1.165) is 48.3 Å². The smallest absolute Gasteiger partial charge is 0.134 e. The summed E-state index contributed by atoms with van der Waals surface area (Å²) in [6.45, 7) is 3.92. The fraction of sp³-hybridized carbons (Fsp3) is 0.400. The summed E-state index contributed by atoms with van der Waals surface area (Å²) in [7, 11) is 0. The molecule has 1 aliphatic heterocycles. The average Bonchev–Trinajstić information content (AvgIpc) is 2.93. The van der Waals surface area contributed by atoms with Gasteiger partial charge in [-0.3, -0.25) is 0 Å². The number of hydrogen-bond donors (Lipinski definition) is 0. The van der Waals surface area contributed by atoms with Gasteiger partial charge in [0.25, 0.3) is 0 Å². The zero-order valence-electron chi connectivity index (χ0n) is 11.6. The molecule has 0 aliphatic carbocycles. The molecule has 21 heavy (non-hydrogen) atoms. The Morgan fingerprint density at radius 1 is 1.14 bits per heavy atom. The van der Waals surface area contributed by atoms with Crippen LogP contribution in [0.15, 0.2) is 30.5 Å². The monoisotopic (exact) mass is 325 g/mol. The minimum Gasteiger partial charge on any atom is -0.378 e. The van der Waals surface area contributed by atoms with Crippen LogP contribution >= 0.6 is 23.2 Å². The Labute approximate surface area is 134 Å². The molecule has 2 aromatic rings. The second-order valence-corrected chi connectivity index (χ2v) is 5.71. The predicted molar refractivity (Wildman–Crippen MR) is 86.4 cm³/mol. The maximum absolute atomic E-state index is 5.98. The Morgan fingerprint density at radius 2 is 1.86 bits per heavy atom. The Bertz CT molecular complexity index is 591. The van der Waals surface area contributed by atoms with Crippen molar-refractivity contribution in [3.63, 3.8) is 0 Å². The standard InChI is InChI=1S/C15H17Cl2N3O/c16-5-6-20-15(19-7-9-21-10-8-19)14(11-18-20)12-1-3-13(17)4-2-12/h1-4,11H,5-10H2. The Hall–Kier alpha value is -1.23. The minimum absolute atomic E-state index is 0.541. The van der Waals surface area contributed by atoms with E-state index in [9.17, 15) is 0 Å². The number of morpholine rings is 1. The fourth-order valence-electron chi connectivity index (χ4n) is 2.56. The molecular formula is C15H17Cl2N3O. The van der Waals surface area contributed by atoms with Crippen molar-refractivity contribution in [1.82, 2.24) is 9.78 Å². The number of halogens is 2. The molecule has 1 aliphatic rings. The van der Waals surface area contributed by atoms with Crippen LogP contribution in [0.5, 0.6) is 0 Å². The molecule has 0 N–H and O–H groups in total. The third-order valence-electron chi connectivity index (χ3n) is 3.57. The maximum Gasteiger partial charge on any atom is 0.134 e. The normalized spacial score (nSPS) is 15.4. The highest BCUT2D eigenvalue weighted by atomic mass is 35.5. The van der Waals surface area contributed by atoms with E-state index in [1.165, 1.54) is 0 Å². The number of aromatic nitrogens is 2. The van der Waals surface area contributed by atoms with Gasteiger partial charge in [0.05, 0.1) is 26.0 Å². The molecule has 0 atom stereocenters. The topological polar surface area (TPSA) is 30.3 Å². The summed E-state index contributed by atoms with van der Waals surface area (Å²) < 4.78 is 7.42. The van der Waals surface area contributed by atoms with Crippen LogP contribution in [-0.4, -0.2) is 42.0 Å². The maximum atomic E-state index is 5.98. The Kier molecular flexibility index (Phi) is 4.68. The van der Waals surface area contributed by atoms with Gasteiger partial charge in [-0.1, -0.05) is 23.7 Å². The number of hydrogen-bond acceptors (Lipinski definition) is 3. The van der Waals surface area contributed by atoms with E-state index in [1.807, 2.05) is 35.1 Å². The minimum atomic E-state index is 0.541. The summed E-state index contributed by atoms with van der Waals surface area (Å²) in [6.07, 6.45) is 1.90. The number of nitrogens with zero attached hydrogens (tertiary/aromatic N) is 3. The summed E-state index contributed by atoms with van der Waals surface area (Å²) in [5.41, 5.74) is 2.22. The molecule has 0 bridgehead atoms. The molecule has 6 heteroatoms. The highest BCUT2D eigenvalue weighted by Gasteiger charge is 2.20. The zero-order valence-corrected chi connectivity index (χ0v) is 13.1. The third-order valence-corrected chi connectivity index (χ3v) is 3.99. The van der Waals surface area contributed by atoms with E-state index in [4.69, 9.17) is 27.9 Å². The second-order valence-electron chi connectivity index (χ2n) is 4.90. The van der Waals surface area contributed by atoms with E-state index in [0.29, 0.717) is 12.4 Å². The molecule has 0 spiro atoms. The highest BCUT2D eigenvalue weighted by molar-refractivity contribution is 6.30. The van der Waals surface area contributed by atoms with Crippen LogP contribution in [0.25, 0.3) is 11.1 Å². The number of aryl methyl sites for hydroxylation is 1. The fourth-order valence-corrected chi connectivity index (χ4v) is 2.85. The summed E-state index contributed by atoms with van der Waals surface area (Å²) in [5.74, 6) is 1.65. The molecule has 3 rings (SSSR count). The lowest BCUT2D eigenvalue weighted by molar-refractivity contribution is 0.122. The van der Waals surface area contributed by atoms with Gasteiger partial charge in [0.2, 0.25) is 0 Å². The molecule has 4 nitrogen and oxygen atoms in total. The van der Waals surface area contributed by atoms with Crippen molar-refractivity contribution in [1.29, 1.82) is 0 Å². The van der Waals surface area contributed by atoms with Gasteiger partial charge in [-0.05, 0) is 17.7 Å². The van der Waals surface area contributed by atoms with Crippen molar-refractivity contribution in [2.75, 3.05) is 37.1 Å². The van der Waals surface area contributed by atoms with Gasteiger partial charge < -0.3 is 9.64 Å². The van der Waals surface area contributed by atoms with E-state index >= 15 is 0 Å². The van der Waals surface area contributed by atoms with Gasteiger partial charge in [-0.15, -0.1) is 11.6 Å². The van der Waals surface area contributed by atoms with Crippen molar-refractivity contribution in [2.45, 2.75) is 6.54 Å². The number of ether oxygens (including phenoxy) is 1. The summed E-state index contributed by atoms with van der Waals surface area (Å²) in [5, 5.41) is 5.23. The van der Waals surface area contributed by atoms with Gasteiger partial charge in [-0.2, -0.15) is 5.10 Å². The highest BCUT2D eigenvalue weighted by Crippen LogP contribution is 2.32. The largest absolute Gasteiger partial charge is 0.378 e. The lowest BCUT2D eigenvalue weighted by Gasteiger charge is -2.30. The van der Waals surface area contributed by atoms with Crippen molar-refractivity contribution < 1.29 is 4.74 Å². The van der Waals surface area contributed by atoms with Gasteiger partial charge in [0.1, 0.15) is 5.82 Å². The summed E-state index contributed by atoms with van der Waals surface area (Å²) in [6, 6.07) is 7.85. The first-order valence-corrected chi connectivity index (χ1v) is 7.91. The number of anilines is 1. The Balaban J connectivity index is 2.01. The van der Waals surface area contributed by atoms with E-state index < -0.39 is 0 Å². The van der Waals surface area contributed by atoms with Gasteiger partial charge in [0.15, 0.2) is 0 Å². The molecule has 112 valence electrons. The second kappa shape index (κ2) is 6.69. The van der Waals surface area contributed by atoms with Crippen molar-refractivity contribution >= 4 is 29.0 Å². The van der Waals surface area contributed by atoms with E-state index in [1.54, 1.807) is 0 Å². The number of alkyl halides is 1. The lowest BCUT2D eigenvalue weighted by atomic mass is 10.1. The van der Waals surface area contributed by atoms with Crippen LogP contribution in [0, 0.1) is 0 Å². The van der Waals surface area contributed by atoms with Crippen molar-refractivity contribution in [2.24, 2.45) is 0 Å². The molecule has 0 radical (unpaired) electrons. The van der Waals surface area contributed by atoms with Crippen LogP contribution in [0.3, 0.4) is 0 Å². The zero-order chi connectivity index (χ0) is 14.7. The van der Waals surface area contributed by atoms with Gasteiger partial charge >= 0.3 is 0 Å². The van der Waals surface area contributed by atoms with Gasteiger partial charge in [-0.25, -0.2) is 4.68 Å². The SMILES string of the molecule is ClCCn1ncc(-c2ccc(Cl)cc2)c1N1CCOCC1. The third kappa shape index (κ3) is 3.18. The molecule has 0 saturated carbocycles. The van der Waals surface area contributed by atoms with Crippen LogP contribution in [0.1, 0.15) is 0 Å². The predicted octanol–water partition coefficient (Wildman–Crippen LogP) is 3.28. The average molecular weight is 326 g/mol. The van der Waals surface area contributed by atoms with E-state index in [2.05, 4.69) is 10.00 Å².